The lowest BCUT2D eigenvalue weighted by atomic mass is 9.86. The second-order valence-corrected chi connectivity index (χ2v) is 6.40. The molecule has 3 N–H and O–H groups in total. The third kappa shape index (κ3) is 4.14. The molecule has 2 aliphatic carbocycles. The smallest absolute Gasteiger partial charge is 0.220 e. The molecule has 0 radical (unpaired) electrons. The molecule has 2 rings (SSSR count). The second-order valence-electron chi connectivity index (χ2n) is 6.40. The SMILES string of the molecule is CC(C)(N)CNC(=O)CC1CC2CCC1C2.Cl. The zero-order chi connectivity index (χ0) is 11.8. The Morgan fingerprint density at radius 2 is 2.06 bits per heavy atom. The molecule has 2 saturated carbocycles. The largest absolute Gasteiger partial charge is 0.354 e. The normalized spacial score (nSPS) is 31.1. The lowest BCUT2D eigenvalue weighted by Gasteiger charge is -2.23. The van der Waals surface area contributed by atoms with E-state index in [9.17, 15) is 4.79 Å². The Morgan fingerprint density at radius 3 is 2.53 bits per heavy atom. The van der Waals surface area contributed by atoms with Crippen LogP contribution in [-0.2, 0) is 4.79 Å². The Kier molecular flexibility index (Phi) is 4.85. The van der Waals surface area contributed by atoms with Crippen molar-refractivity contribution in [1.82, 2.24) is 5.32 Å². The van der Waals surface area contributed by atoms with Crippen molar-refractivity contribution in [2.45, 2.75) is 51.5 Å². The monoisotopic (exact) mass is 260 g/mol. The fourth-order valence-electron chi connectivity index (χ4n) is 3.26. The number of amides is 1. The number of carbonyl (C=O) groups excluding carboxylic acids is 1. The fourth-order valence-corrected chi connectivity index (χ4v) is 3.26. The summed E-state index contributed by atoms with van der Waals surface area (Å²) in [6, 6.07) is 0. The molecule has 0 spiro atoms. The summed E-state index contributed by atoms with van der Waals surface area (Å²) >= 11 is 0. The van der Waals surface area contributed by atoms with Crippen LogP contribution in [-0.4, -0.2) is 18.0 Å². The van der Waals surface area contributed by atoms with Crippen LogP contribution in [0.1, 0.15) is 46.0 Å². The van der Waals surface area contributed by atoms with Crippen molar-refractivity contribution in [3.05, 3.63) is 0 Å². The van der Waals surface area contributed by atoms with Crippen molar-refractivity contribution >= 4 is 18.3 Å². The number of rotatable bonds is 4. The summed E-state index contributed by atoms with van der Waals surface area (Å²) in [6.45, 7) is 4.45. The van der Waals surface area contributed by atoms with Crippen LogP contribution in [0, 0.1) is 17.8 Å². The summed E-state index contributed by atoms with van der Waals surface area (Å²) in [5.74, 6) is 2.60. The summed E-state index contributed by atoms with van der Waals surface area (Å²) in [6.07, 6.45) is 6.13. The van der Waals surface area contributed by atoms with Gasteiger partial charge in [0.05, 0.1) is 0 Å². The molecule has 17 heavy (non-hydrogen) atoms. The highest BCUT2D eigenvalue weighted by Gasteiger charge is 2.40. The standard InChI is InChI=1S/C13H24N2O.ClH/c1-13(2,14)8-15-12(16)7-11-6-9-3-4-10(11)5-9;/h9-11H,3-8,14H2,1-2H3,(H,15,16);1H. The Hall–Kier alpha value is -0.280. The molecular formula is C13H25ClN2O. The van der Waals surface area contributed by atoms with Gasteiger partial charge in [-0.05, 0) is 50.9 Å². The molecule has 100 valence electrons. The van der Waals surface area contributed by atoms with Gasteiger partial charge in [0.25, 0.3) is 0 Å². The molecule has 0 aliphatic heterocycles. The maximum absolute atomic E-state index is 11.8. The van der Waals surface area contributed by atoms with Crippen LogP contribution in [0.25, 0.3) is 0 Å². The van der Waals surface area contributed by atoms with Crippen molar-refractivity contribution in [3.8, 4) is 0 Å². The molecule has 3 nitrogen and oxygen atoms in total. The van der Waals surface area contributed by atoms with E-state index in [2.05, 4.69) is 5.32 Å². The van der Waals surface area contributed by atoms with E-state index < -0.39 is 0 Å². The molecule has 0 aromatic rings. The van der Waals surface area contributed by atoms with Crippen LogP contribution < -0.4 is 11.1 Å². The number of hydrogen-bond donors (Lipinski definition) is 2. The highest BCUT2D eigenvalue weighted by atomic mass is 35.5. The Bertz CT molecular complexity index is 275. The minimum Gasteiger partial charge on any atom is -0.354 e. The number of nitrogens with two attached hydrogens (primary N) is 1. The first-order chi connectivity index (χ1) is 7.44. The van der Waals surface area contributed by atoms with Crippen LogP contribution in [0.5, 0.6) is 0 Å². The van der Waals surface area contributed by atoms with Crippen molar-refractivity contribution in [3.63, 3.8) is 0 Å². The molecule has 0 heterocycles. The van der Waals surface area contributed by atoms with Crippen molar-refractivity contribution in [2.75, 3.05) is 6.54 Å². The van der Waals surface area contributed by atoms with Gasteiger partial charge in [-0.15, -0.1) is 12.4 Å². The Morgan fingerprint density at radius 1 is 1.35 bits per heavy atom. The first-order valence-electron chi connectivity index (χ1n) is 6.49. The fraction of sp³-hybridized carbons (Fsp3) is 0.923. The van der Waals surface area contributed by atoms with Gasteiger partial charge in [0.2, 0.25) is 5.91 Å². The van der Waals surface area contributed by atoms with E-state index in [-0.39, 0.29) is 23.9 Å². The van der Waals surface area contributed by atoms with Crippen molar-refractivity contribution in [1.29, 1.82) is 0 Å². The van der Waals surface area contributed by atoms with E-state index in [0.717, 1.165) is 18.3 Å². The number of halogens is 1. The minimum absolute atomic E-state index is 0. The predicted molar refractivity (Wildman–Crippen MR) is 72.1 cm³/mol. The first kappa shape index (κ1) is 14.8. The summed E-state index contributed by atoms with van der Waals surface area (Å²) < 4.78 is 0. The highest BCUT2D eigenvalue weighted by Crippen LogP contribution is 2.49. The van der Waals surface area contributed by atoms with E-state index in [0.29, 0.717) is 12.5 Å². The molecular weight excluding hydrogens is 236 g/mol. The quantitative estimate of drug-likeness (QED) is 0.813. The second kappa shape index (κ2) is 5.57. The van der Waals surface area contributed by atoms with Gasteiger partial charge >= 0.3 is 0 Å². The van der Waals surface area contributed by atoms with E-state index in [1.807, 2.05) is 13.8 Å². The third-order valence-corrected chi connectivity index (χ3v) is 4.07. The van der Waals surface area contributed by atoms with Gasteiger partial charge in [0, 0.05) is 18.5 Å². The van der Waals surface area contributed by atoms with Gasteiger partial charge in [-0.2, -0.15) is 0 Å². The predicted octanol–water partition coefficient (Wildman–Crippen LogP) is 2.09. The van der Waals surface area contributed by atoms with Gasteiger partial charge in [0.15, 0.2) is 0 Å². The van der Waals surface area contributed by atoms with Crippen molar-refractivity contribution in [2.24, 2.45) is 23.5 Å². The number of hydrogen-bond acceptors (Lipinski definition) is 2. The zero-order valence-corrected chi connectivity index (χ0v) is 11.7. The van der Waals surface area contributed by atoms with Crippen LogP contribution in [0.15, 0.2) is 0 Å². The molecule has 3 unspecified atom stereocenters. The molecule has 2 bridgehead atoms. The van der Waals surface area contributed by atoms with E-state index in [1.54, 1.807) is 0 Å². The summed E-state index contributed by atoms with van der Waals surface area (Å²) in [5, 5.41) is 2.95. The molecule has 3 atom stereocenters. The molecule has 0 saturated heterocycles. The Balaban J connectivity index is 0.00000144. The van der Waals surface area contributed by atoms with Gasteiger partial charge in [0.1, 0.15) is 0 Å². The van der Waals surface area contributed by atoms with Crippen LogP contribution in [0.4, 0.5) is 0 Å². The third-order valence-electron chi connectivity index (χ3n) is 4.07. The number of fused-ring (bicyclic) bond motifs is 2. The van der Waals surface area contributed by atoms with Gasteiger partial charge in [-0.1, -0.05) is 6.42 Å². The minimum atomic E-state index is -0.301. The first-order valence-corrected chi connectivity index (χ1v) is 6.49. The average molecular weight is 261 g/mol. The van der Waals surface area contributed by atoms with Crippen LogP contribution >= 0.6 is 12.4 Å². The molecule has 2 fully saturated rings. The summed E-state index contributed by atoms with van der Waals surface area (Å²) in [7, 11) is 0. The van der Waals surface area contributed by atoms with E-state index in [1.165, 1.54) is 25.7 Å². The summed E-state index contributed by atoms with van der Waals surface area (Å²) in [5.41, 5.74) is 5.54. The average Bonchev–Trinajstić information content (AvgIpc) is 2.75. The van der Waals surface area contributed by atoms with Crippen LogP contribution in [0.2, 0.25) is 0 Å². The molecule has 4 heteroatoms. The van der Waals surface area contributed by atoms with Gasteiger partial charge in [-0.25, -0.2) is 0 Å². The van der Waals surface area contributed by atoms with Gasteiger partial charge < -0.3 is 11.1 Å². The number of carbonyl (C=O) groups is 1. The highest BCUT2D eigenvalue weighted by molar-refractivity contribution is 5.85. The maximum Gasteiger partial charge on any atom is 0.220 e. The lowest BCUT2D eigenvalue weighted by Crippen LogP contribution is -2.45. The van der Waals surface area contributed by atoms with E-state index >= 15 is 0 Å². The lowest BCUT2D eigenvalue weighted by molar-refractivity contribution is -0.122. The molecule has 1 amide bonds. The summed E-state index contributed by atoms with van der Waals surface area (Å²) in [4.78, 5) is 11.8. The molecule has 0 aromatic carbocycles. The molecule has 2 aliphatic rings. The van der Waals surface area contributed by atoms with Crippen LogP contribution in [0.3, 0.4) is 0 Å². The van der Waals surface area contributed by atoms with E-state index in [4.69, 9.17) is 5.73 Å². The maximum atomic E-state index is 11.8. The number of nitrogens with one attached hydrogen (secondary N) is 1. The van der Waals surface area contributed by atoms with Gasteiger partial charge in [-0.3, -0.25) is 4.79 Å². The molecule has 0 aromatic heterocycles. The topological polar surface area (TPSA) is 55.1 Å². The Labute approximate surface area is 110 Å². The van der Waals surface area contributed by atoms with Crippen molar-refractivity contribution < 1.29 is 4.79 Å². The zero-order valence-electron chi connectivity index (χ0n) is 10.9.